The zero-order valence-electron chi connectivity index (χ0n) is 11.9. The normalized spacial score (nSPS) is 18.9. The molecule has 0 bridgehead atoms. The molecular formula is C14H24N4O. The fourth-order valence-corrected chi connectivity index (χ4v) is 2.81. The van der Waals surface area contributed by atoms with Crippen LogP contribution in [-0.2, 0) is 6.42 Å². The van der Waals surface area contributed by atoms with Gasteiger partial charge in [0.05, 0.1) is 0 Å². The third-order valence-corrected chi connectivity index (χ3v) is 3.78. The van der Waals surface area contributed by atoms with E-state index in [0.717, 1.165) is 50.4 Å². The molecule has 0 saturated carbocycles. The summed E-state index contributed by atoms with van der Waals surface area (Å²) < 4.78 is 0. The minimum absolute atomic E-state index is 0.284. The first-order valence-electron chi connectivity index (χ1n) is 7.17. The van der Waals surface area contributed by atoms with E-state index in [0.29, 0.717) is 5.92 Å². The molecule has 5 heteroatoms. The molecule has 0 radical (unpaired) electrons. The third kappa shape index (κ3) is 3.15. The minimum Gasteiger partial charge on any atom is -0.396 e. The van der Waals surface area contributed by atoms with Crippen LogP contribution in [0.3, 0.4) is 0 Å². The van der Waals surface area contributed by atoms with Crippen molar-refractivity contribution in [3.8, 4) is 0 Å². The molecule has 1 aliphatic rings. The molecule has 0 spiro atoms. The summed E-state index contributed by atoms with van der Waals surface area (Å²) in [6.07, 6.45) is 5.75. The van der Waals surface area contributed by atoms with E-state index in [1.54, 1.807) is 6.33 Å². The molecule has 2 rings (SSSR count). The molecule has 2 heterocycles. The maximum absolute atomic E-state index is 9.05. The van der Waals surface area contributed by atoms with E-state index in [1.807, 2.05) is 7.05 Å². The number of aromatic nitrogens is 2. The van der Waals surface area contributed by atoms with Gasteiger partial charge in [-0.15, -0.1) is 0 Å². The van der Waals surface area contributed by atoms with Gasteiger partial charge in [0.2, 0.25) is 0 Å². The lowest BCUT2D eigenvalue weighted by molar-refractivity contribution is 0.263. The molecule has 2 N–H and O–H groups in total. The van der Waals surface area contributed by atoms with Gasteiger partial charge in [-0.3, -0.25) is 0 Å². The lowest BCUT2D eigenvalue weighted by Gasteiger charge is -2.22. The highest BCUT2D eigenvalue weighted by atomic mass is 16.3. The van der Waals surface area contributed by atoms with Gasteiger partial charge in [0.1, 0.15) is 18.0 Å². The molecule has 0 amide bonds. The van der Waals surface area contributed by atoms with E-state index in [-0.39, 0.29) is 6.61 Å². The summed E-state index contributed by atoms with van der Waals surface area (Å²) >= 11 is 0. The average Bonchev–Trinajstić information content (AvgIpc) is 2.88. The summed E-state index contributed by atoms with van der Waals surface area (Å²) in [4.78, 5) is 11.2. The van der Waals surface area contributed by atoms with Gasteiger partial charge in [-0.25, -0.2) is 9.97 Å². The van der Waals surface area contributed by atoms with Crippen LogP contribution < -0.4 is 10.2 Å². The van der Waals surface area contributed by atoms with Crippen LogP contribution in [0.5, 0.6) is 0 Å². The summed E-state index contributed by atoms with van der Waals surface area (Å²) in [5.41, 5.74) is 1.22. The van der Waals surface area contributed by atoms with Gasteiger partial charge in [0.15, 0.2) is 0 Å². The Morgan fingerprint density at radius 1 is 1.47 bits per heavy atom. The molecule has 1 aliphatic heterocycles. The molecule has 5 nitrogen and oxygen atoms in total. The Hall–Kier alpha value is -1.36. The maximum Gasteiger partial charge on any atom is 0.137 e. The van der Waals surface area contributed by atoms with Crippen LogP contribution in [-0.4, -0.2) is 41.8 Å². The predicted molar refractivity (Wildman–Crippen MR) is 77.6 cm³/mol. The van der Waals surface area contributed by atoms with Gasteiger partial charge in [-0.1, -0.05) is 13.3 Å². The van der Waals surface area contributed by atoms with E-state index in [9.17, 15) is 0 Å². The van der Waals surface area contributed by atoms with Gasteiger partial charge in [-0.05, 0) is 25.2 Å². The minimum atomic E-state index is 0.284. The number of aliphatic hydroxyl groups excluding tert-OH is 1. The Morgan fingerprint density at radius 3 is 3.00 bits per heavy atom. The van der Waals surface area contributed by atoms with Gasteiger partial charge in [0, 0.05) is 32.3 Å². The van der Waals surface area contributed by atoms with Crippen LogP contribution in [0.2, 0.25) is 0 Å². The summed E-state index contributed by atoms with van der Waals surface area (Å²) in [6.45, 7) is 4.49. The third-order valence-electron chi connectivity index (χ3n) is 3.78. The highest BCUT2D eigenvalue weighted by Gasteiger charge is 2.25. The SMILES string of the molecule is CCCc1c(NC)ncnc1N1CCC(CCO)C1. The highest BCUT2D eigenvalue weighted by molar-refractivity contribution is 5.59. The fourth-order valence-electron chi connectivity index (χ4n) is 2.81. The van der Waals surface area contributed by atoms with Crippen molar-refractivity contribution in [2.45, 2.75) is 32.6 Å². The molecule has 106 valence electrons. The molecule has 1 aromatic rings. The van der Waals surface area contributed by atoms with Gasteiger partial charge >= 0.3 is 0 Å². The molecule has 0 aromatic carbocycles. The summed E-state index contributed by atoms with van der Waals surface area (Å²) in [5.74, 6) is 2.60. The van der Waals surface area contributed by atoms with Crippen molar-refractivity contribution in [1.82, 2.24) is 9.97 Å². The molecule has 1 fully saturated rings. The van der Waals surface area contributed by atoms with E-state index >= 15 is 0 Å². The average molecular weight is 264 g/mol. The van der Waals surface area contributed by atoms with Crippen molar-refractivity contribution >= 4 is 11.6 Å². The number of hydrogen-bond donors (Lipinski definition) is 2. The van der Waals surface area contributed by atoms with E-state index in [1.165, 1.54) is 5.56 Å². The molecular weight excluding hydrogens is 240 g/mol. The van der Waals surface area contributed by atoms with Crippen LogP contribution >= 0.6 is 0 Å². The highest BCUT2D eigenvalue weighted by Crippen LogP contribution is 2.30. The van der Waals surface area contributed by atoms with Crippen molar-refractivity contribution in [2.75, 3.05) is 37.0 Å². The van der Waals surface area contributed by atoms with Crippen molar-refractivity contribution in [3.63, 3.8) is 0 Å². The van der Waals surface area contributed by atoms with Gasteiger partial charge in [0.25, 0.3) is 0 Å². The molecule has 1 saturated heterocycles. The van der Waals surface area contributed by atoms with Gasteiger partial charge in [-0.2, -0.15) is 0 Å². The number of rotatable bonds is 6. The smallest absolute Gasteiger partial charge is 0.137 e. The zero-order valence-corrected chi connectivity index (χ0v) is 11.9. The van der Waals surface area contributed by atoms with Crippen LogP contribution in [0.1, 0.15) is 31.7 Å². The topological polar surface area (TPSA) is 61.3 Å². The monoisotopic (exact) mass is 264 g/mol. The second-order valence-electron chi connectivity index (χ2n) is 5.14. The van der Waals surface area contributed by atoms with Gasteiger partial charge < -0.3 is 15.3 Å². The predicted octanol–water partition coefficient (Wildman–Crippen LogP) is 1.68. The van der Waals surface area contributed by atoms with Crippen molar-refractivity contribution < 1.29 is 5.11 Å². The Labute approximate surface area is 115 Å². The van der Waals surface area contributed by atoms with Crippen molar-refractivity contribution in [2.24, 2.45) is 5.92 Å². The molecule has 0 aliphatic carbocycles. The number of hydrogen-bond acceptors (Lipinski definition) is 5. The Morgan fingerprint density at radius 2 is 2.32 bits per heavy atom. The fraction of sp³-hybridized carbons (Fsp3) is 0.714. The number of anilines is 2. The quantitative estimate of drug-likeness (QED) is 0.818. The largest absolute Gasteiger partial charge is 0.396 e. The summed E-state index contributed by atoms with van der Waals surface area (Å²) in [6, 6.07) is 0. The standard InChI is InChI=1S/C14H24N4O/c1-3-4-12-13(15-2)16-10-17-14(12)18-7-5-11(9-18)6-8-19/h10-11,19H,3-9H2,1-2H3,(H,15,16,17). The van der Waals surface area contributed by atoms with E-state index in [2.05, 4.69) is 27.1 Å². The first kappa shape index (κ1) is 14.1. The Bertz CT molecular complexity index is 410. The van der Waals surface area contributed by atoms with Crippen molar-refractivity contribution in [1.29, 1.82) is 0 Å². The van der Waals surface area contributed by atoms with Crippen molar-refractivity contribution in [3.05, 3.63) is 11.9 Å². The Kier molecular flexibility index (Phi) is 4.96. The molecule has 1 atom stereocenters. The second kappa shape index (κ2) is 6.70. The summed E-state index contributed by atoms with van der Waals surface area (Å²) in [5, 5.41) is 12.2. The van der Waals surface area contributed by atoms with E-state index < -0.39 is 0 Å². The molecule has 19 heavy (non-hydrogen) atoms. The molecule has 1 aromatic heterocycles. The Balaban J connectivity index is 2.19. The lowest BCUT2D eigenvalue weighted by Crippen LogP contribution is -2.23. The lowest BCUT2D eigenvalue weighted by atomic mass is 10.1. The molecule has 1 unspecified atom stereocenters. The second-order valence-corrected chi connectivity index (χ2v) is 5.14. The number of nitrogens with zero attached hydrogens (tertiary/aromatic N) is 3. The van der Waals surface area contributed by atoms with Crippen LogP contribution in [0.25, 0.3) is 0 Å². The summed E-state index contributed by atoms with van der Waals surface area (Å²) in [7, 11) is 1.91. The first-order chi connectivity index (χ1) is 9.30. The van der Waals surface area contributed by atoms with Crippen LogP contribution in [0, 0.1) is 5.92 Å². The maximum atomic E-state index is 9.05. The van der Waals surface area contributed by atoms with E-state index in [4.69, 9.17) is 5.11 Å². The zero-order chi connectivity index (χ0) is 13.7. The first-order valence-corrected chi connectivity index (χ1v) is 7.17. The number of nitrogens with one attached hydrogen (secondary N) is 1. The number of aliphatic hydroxyl groups is 1. The van der Waals surface area contributed by atoms with Crippen LogP contribution in [0.4, 0.5) is 11.6 Å². The van der Waals surface area contributed by atoms with Crippen LogP contribution in [0.15, 0.2) is 6.33 Å².